The number of likely N-dealkylation sites (tertiary alicyclic amines) is 1. The number of fused-ring (bicyclic) bond motifs is 1. The van der Waals surface area contributed by atoms with E-state index in [4.69, 9.17) is 5.41 Å². The lowest BCUT2D eigenvalue weighted by molar-refractivity contribution is -0.114. The number of nitrogens with zero attached hydrogens (tertiary/aromatic N) is 4. The highest BCUT2D eigenvalue weighted by molar-refractivity contribution is 8.26. The molecule has 0 aliphatic carbocycles. The summed E-state index contributed by atoms with van der Waals surface area (Å²) in [7, 11) is 0. The van der Waals surface area contributed by atoms with E-state index in [1.807, 2.05) is 24.3 Å². The summed E-state index contributed by atoms with van der Waals surface area (Å²) < 4.78 is 0. The molecule has 0 radical (unpaired) electrons. The maximum Gasteiger partial charge on any atom is 0.283 e. The third kappa shape index (κ3) is 3.19. The van der Waals surface area contributed by atoms with Crippen molar-refractivity contribution >= 4 is 39.9 Å². The molecule has 0 aromatic heterocycles. The van der Waals surface area contributed by atoms with Gasteiger partial charge in [0.1, 0.15) is 0 Å². The fourth-order valence-electron chi connectivity index (χ4n) is 3.21. The van der Waals surface area contributed by atoms with E-state index in [1.165, 1.54) is 28.8 Å². The molecule has 1 N–H and O–H groups in total. The predicted molar refractivity (Wildman–Crippen MR) is 106 cm³/mol. The quantitative estimate of drug-likeness (QED) is 0.814. The average Bonchev–Trinajstić information content (AvgIpc) is 3.10. The molecule has 0 atom stereocenters. The van der Waals surface area contributed by atoms with E-state index in [1.54, 1.807) is 6.08 Å². The van der Waals surface area contributed by atoms with Gasteiger partial charge in [0.25, 0.3) is 5.91 Å². The Labute approximate surface area is 157 Å². The number of amidine groups is 3. The van der Waals surface area contributed by atoms with Gasteiger partial charge in [0.05, 0.1) is 5.57 Å². The summed E-state index contributed by atoms with van der Waals surface area (Å²) in [5, 5.41) is 15.8. The maximum absolute atomic E-state index is 12.5. The van der Waals surface area contributed by atoms with Gasteiger partial charge in [-0.05, 0) is 54.6 Å². The summed E-state index contributed by atoms with van der Waals surface area (Å²) in [6.07, 6.45) is 6.25. The Kier molecular flexibility index (Phi) is 4.63. The number of carbonyl (C=O) groups excluding carboxylic acids is 1. The Morgan fingerprint density at radius 2 is 1.88 bits per heavy atom. The SMILES string of the molecule is CCc1ccc(/C=C2\C(=N)N3N=C(N4CCCCC4)SC3=NC2=O)cc1. The van der Waals surface area contributed by atoms with Gasteiger partial charge < -0.3 is 4.90 Å². The molecule has 1 fully saturated rings. The van der Waals surface area contributed by atoms with E-state index in [0.717, 1.165) is 43.1 Å². The molecule has 0 bridgehead atoms. The van der Waals surface area contributed by atoms with Crippen molar-refractivity contribution in [3.05, 3.63) is 41.0 Å². The van der Waals surface area contributed by atoms with Gasteiger partial charge >= 0.3 is 0 Å². The molecule has 6 nitrogen and oxygen atoms in total. The Balaban J connectivity index is 1.60. The van der Waals surface area contributed by atoms with Crippen LogP contribution in [0.4, 0.5) is 0 Å². The van der Waals surface area contributed by atoms with Crippen LogP contribution in [0.3, 0.4) is 0 Å². The maximum atomic E-state index is 12.5. The second-order valence-corrected chi connectivity index (χ2v) is 7.48. The first-order valence-corrected chi connectivity index (χ1v) is 9.81. The molecule has 1 saturated heterocycles. The molecule has 3 heterocycles. The lowest BCUT2D eigenvalue weighted by Crippen LogP contribution is -2.35. The summed E-state index contributed by atoms with van der Waals surface area (Å²) in [4.78, 5) is 18.8. The number of hydrazone groups is 1. The first-order chi connectivity index (χ1) is 12.7. The second kappa shape index (κ2) is 7.07. The van der Waals surface area contributed by atoms with Crippen LogP contribution in [0.1, 0.15) is 37.3 Å². The Morgan fingerprint density at radius 3 is 2.58 bits per heavy atom. The number of amides is 1. The van der Waals surface area contributed by atoms with Gasteiger partial charge in [0.2, 0.25) is 5.17 Å². The van der Waals surface area contributed by atoms with Crippen molar-refractivity contribution in [2.75, 3.05) is 13.1 Å². The number of aryl methyl sites for hydroxylation is 1. The third-order valence-electron chi connectivity index (χ3n) is 4.77. The van der Waals surface area contributed by atoms with Crippen LogP contribution in [0.25, 0.3) is 6.08 Å². The number of hydrogen-bond acceptors (Lipinski definition) is 5. The lowest BCUT2D eigenvalue weighted by atomic mass is 10.1. The summed E-state index contributed by atoms with van der Waals surface area (Å²) >= 11 is 1.38. The van der Waals surface area contributed by atoms with E-state index >= 15 is 0 Å². The number of nitrogens with one attached hydrogen (secondary N) is 1. The van der Waals surface area contributed by atoms with Gasteiger partial charge in [0.15, 0.2) is 11.0 Å². The number of thioether (sulfide) groups is 1. The number of hydrogen-bond donors (Lipinski definition) is 1. The largest absolute Gasteiger partial charge is 0.349 e. The number of carbonyl (C=O) groups is 1. The lowest BCUT2D eigenvalue weighted by Gasteiger charge is -2.26. The molecule has 3 aliphatic rings. The molecule has 4 rings (SSSR count). The van der Waals surface area contributed by atoms with E-state index < -0.39 is 0 Å². The van der Waals surface area contributed by atoms with Gasteiger partial charge in [-0.2, -0.15) is 10.0 Å². The van der Waals surface area contributed by atoms with Crippen LogP contribution in [0, 0.1) is 5.41 Å². The van der Waals surface area contributed by atoms with Gasteiger partial charge in [0, 0.05) is 13.1 Å². The normalized spacial score (nSPS) is 21.8. The molecule has 1 aromatic carbocycles. The minimum atomic E-state index is -0.372. The standard InChI is InChI=1S/C19H21N5OS/c1-2-13-6-8-14(9-7-13)12-15-16(20)24-18(21-17(15)25)26-19(22-24)23-10-4-3-5-11-23/h6-9,12,20H,2-5,10-11H2,1H3/b15-12+,20-16?. The van der Waals surface area contributed by atoms with Crippen molar-refractivity contribution in [3.8, 4) is 0 Å². The fourth-order valence-corrected chi connectivity index (χ4v) is 4.16. The van der Waals surface area contributed by atoms with Crippen LogP contribution < -0.4 is 0 Å². The van der Waals surface area contributed by atoms with Crippen molar-refractivity contribution in [2.24, 2.45) is 10.1 Å². The predicted octanol–water partition coefficient (Wildman–Crippen LogP) is 3.31. The number of benzene rings is 1. The number of aliphatic imine (C=N–C) groups is 1. The molecule has 1 amide bonds. The van der Waals surface area contributed by atoms with Gasteiger partial charge in [-0.15, -0.1) is 5.10 Å². The first kappa shape index (κ1) is 17.0. The molecule has 7 heteroatoms. The zero-order valence-electron chi connectivity index (χ0n) is 14.7. The van der Waals surface area contributed by atoms with Gasteiger partial charge in [-0.3, -0.25) is 10.2 Å². The zero-order valence-corrected chi connectivity index (χ0v) is 15.6. The Bertz CT molecular complexity index is 834. The summed E-state index contributed by atoms with van der Waals surface area (Å²) in [5.74, 6) is -0.275. The first-order valence-electron chi connectivity index (χ1n) is 9.00. The molecular formula is C19H21N5OS. The van der Waals surface area contributed by atoms with E-state index in [0.29, 0.717) is 5.17 Å². The van der Waals surface area contributed by atoms with Crippen LogP contribution in [0.5, 0.6) is 0 Å². The van der Waals surface area contributed by atoms with Crippen LogP contribution in [0.2, 0.25) is 0 Å². The molecule has 134 valence electrons. The van der Waals surface area contributed by atoms with Crippen molar-refractivity contribution in [1.82, 2.24) is 9.91 Å². The van der Waals surface area contributed by atoms with Crippen molar-refractivity contribution in [2.45, 2.75) is 32.6 Å². The molecular weight excluding hydrogens is 346 g/mol. The van der Waals surface area contributed by atoms with Crippen molar-refractivity contribution < 1.29 is 4.79 Å². The highest BCUT2D eigenvalue weighted by atomic mass is 32.2. The van der Waals surface area contributed by atoms with Crippen LogP contribution in [0.15, 0.2) is 39.9 Å². The van der Waals surface area contributed by atoms with Crippen molar-refractivity contribution in [3.63, 3.8) is 0 Å². The fraction of sp³-hybridized carbons (Fsp3) is 0.368. The minimum absolute atomic E-state index is 0.0964. The van der Waals surface area contributed by atoms with Crippen LogP contribution in [-0.4, -0.2) is 45.1 Å². The Morgan fingerprint density at radius 1 is 1.15 bits per heavy atom. The van der Waals surface area contributed by atoms with E-state index in [2.05, 4.69) is 21.9 Å². The van der Waals surface area contributed by atoms with E-state index in [9.17, 15) is 4.79 Å². The topological polar surface area (TPSA) is 72.1 Å². The molecule has 3 aliphatic heterocycles. The third-order valence-corrected chi connectivity index (χ3v) is 5.74. The van der Waals surface area contributed by atoms with E-state index in [-0.39, 0.29) is 17.3 Å². The zero-order chi connectivity index (χ0) is 18.1. The molecule has 26 heavy (non-hydrogen) atoms. The molecule has 1 aromatic rings. The van der Waals surface area contributed by atoms with Crippen molar-refractivity contribution in [1.29, 1.82) is 5.41 Å². The summed E-state index contributed by atoms with van der Waals surface area (Å²) in [6.45, 7) is 4.05. The average molecular weight is 367 g/mol. The summed E-state index contributed by atoms with van der Waals surface area (Å²) in [5.41, 5.74) is 2.41. The number of rotatable bonds is 2. The minimum Gasteiger partial charge on any atom is -0.349 e. The highest BCUT2D eigenvalue weighted by Crippen LogP contribution is 2.30. The van der Waals surface area contributed by atoms with Crippen LogP contribution >= 0.6 is 11.8 Å². The van der Waals surface area contributed by atoms with Gasteiger partial charge in [-0.25, -0.2) is 0 Å². The van der Waals surface area contributed by atoms with Gasteiger partial charge in [-0.1, -0.05) is 31.2 Å². The molecule has 0 saturated carbocycles. The smallest absolute Gasteiger partial charge is 0.283 e. The van der Waals surface area contributed by atoms with Crippen LogP contribution in [-0.2, 0) is 11.2 Å². The Hall–Kier alpha value is -2.41. The monoisotopic (exact) mass is 367 g/mol. The molecule has 0 unspecified atom stereocenters. The summed E-state index contributed by atoms with van der Waals surface area (Å²) in [6, 6.07) is 8.01. The highest BCUT2D eigenvalue weighted by Gasteiger charge is 2.37. The molecule has 0 spiro atoms. The number of piperidine rings is 1. The second-order valence-electron chi connectivity index (χ2n) is 6.55.